The lowest BCUT2D eigenvalue weighted by molar-refractivity contribution is 0.320. The predicted octanol–water partition coefficient (Wildman–Crippen LogP) is 3.79. The van der Waals surface area contributed by atoms with Gasteiger partial charge in [-0.2, -0.15) is 17.4 Å². The maximum absolute atomic E-state index is 11.8. The summed E-state index contributed by atoms with van der Waals surface area (Å²) in [5, 5.41) is 1.07. The van der Waals surface area contributed by atoms with E-state index in [4.69, 9.17) is 33.7 Å². The topological polar surface area (TPSA) is 84.7 Å². The molecule has 3 rings (SSSR count). The molecule has 6 nitrogen and oxygen atoms in total. The molecule has 0 fully saturated rings. The molecule has 1 aliphatic rings. The second kappa shape index (κ2) is 11.2. The van der Waals surface area contributed by atoms with Crippen LogP contribution in [0.25, 0.3) is 0 Å². The Morgan fingerprint density at radius 3 is 2.58 bits per heavy atom. The zero-order valence-corrected chi connectivity index (χ0v) is 20.6. The third kappa shape index (κ3) is 6.71. The molecular weight excluding hydrogens is 481 g/mol. The van der Waals surface area contributed by atoms with Gasteiger partial charge in [0.05, 0.1) is 10.0 Å². The molecule has 0 saturated carbocycles. The Hall–Kier alpha value is -1.06. The van der Waals surface area contributed by atoms with Gasteiger partial charge in [-0.1, -0.05) is 35.3 Å². The van der Waals surface area contributed by atoms with Crippen LogP contribution in [0.1, 0.15) is 29.0 Å². The molecule has 0 amide bonds. The fourth-order valence-corrected chi connectivity index (χ4v) is 4.56. The predicted molar refractivity (Wildman–Crippen MR) is 129 cm³/mol. The monoisotopic (exact) mass is 507 g/mol. The second-order valence-corrected chi connectivity index (χ2v) is 10.4. The summed E-state index contributed by atoms with van der Waals surface area (Å²) >= 11 is 12.2. The van der Waals surface area contributed by atoms with Gasteiger partial charge in [0.2, 0.25) is 0 Å². The minimum absolute atomic E-state index is 0. The van der Waals surface area contributed by atoms with Gasteiger partial charge in [0.25, 0.3) is 10.2 Å². The van der Waals surface area contributed by atoms with E-state index in [1.165, 1.54) is 25.2 Å². The van der Waals surface area contributed by atoms with Crippen LogP contribution < -0.4 is 15.2 Å². The minimum atomic E-state index is -3.46. The van der Waals surface area contributed by atoms with Crippen LogP contribution in [0.3, 0.4) is 0 Å². The van der Waals surface area contributed by atoms with E-state index in [2.05, 4.69) is 10.8 Å². The van der Waals surface area contributed by atoms with E-state index in [9.17, 15) is 8.42 Å². The minimum Gasteiger partial charge on any atom is -0.492 e. The van der Waals surface area contributed by atoms with Gasteiger partial charge in [0, 0.05) is 32.6 Å². The number of rotatable bonds is 8. The molecule has 2 atom stereocenters. The number of nitrogens with zero attached hydrogens (tertiary/aromatic N) is 1. The van der Waals surface area contributed by atoms with E-state index < -0.39 is 10.2 Å². The summed E-state index contributed by atoms with van der Waals surface area (Å²) in [5.74, 6) is 0.841. The third-order valence-corrected chi connectivity index (χ3v) is 7.63. The van der Waals surface area contributed by atoms with Crippen molar-refractivity contribution in [1.29, 1.82) is 0 Å². The molecule has 0 bridgehead atoms. The SMILES string of the molecule is CN(C)S(=O)(=O)NCCOc1ccc2c(c1)C(Cc1ccc(Cl)c(Cl)c1)C(N)CC2.Cl. The van der Waals surface area contributed by atoms with Crippen molar-refractivity contribution in [3.63, 3.8) is 0 Å². The highest BCUT2D eigenvalue weighted by atomic mass is 35.5. The van der Waals surface area contributed by atoms with Crippen molar-refractivity contribution in [2.45, 2.75) is 31.2 Å². The van der Waals surface area contributed by atoms with Crippen LogP contribution in [-0.2, 0) is 23.1 Å². The molecule has 0 spiro atoms. The number of hydrogen-bond donors (Lipinski definition) is 2. The van der Waals surface area contributed by atoms with Gasteiger partial charge in [-0.3, -0.25) is 0 Å². The number of hydrogen-bond acceptors (Lipinski definition) is 4. The standard InChI is InChI=1S/C21H27Cl2N3O3S.ClH/c1-26(2)30(27,28)25-9-10-29-16-6-4-15-5-8-21(24)18(17(15)13-16)11-14-3-7-19(22)20(23)12-14;/h3-4,6-7,12-13,18,21,25H,5,8-11,24H2,1-2H3;1H. The van der Waals surface area contributed by atoms with Crippen LogP contribution in [-0.4, -0.2) is 46.0 Å². The van der Waals surface area contributed by atoms with Crippen molar-refractivity contribution in [3.8, 4) is 5.75 Å². The quantitative estimate of drug-likeness (QED) is 0.531. The van der Waals surface area contributed by atoms with E-state index >= 15 is 0 Å². The van der Waals surface area contributed by atoms with Gasteiger partial charge >= 0.3 is 0 Å². The van der Waals surface area contributed by atoms with E-state index in [1.807, 2.05) is 30.3 Å². The summed E-state index contributed by atoms with van der Waals surface area (Å²) in [7, 11) is -0.505. The first-order valence-corrected chi connectivity index (χ1v) is 12.0. The fraction of sp³-hybridized carbons (Fsp3) is 0.429. The number of fused-ring (bicyclic) bond motifs is 1. The maximum Gasteiger partial charge on any atom is 0.279 e. The smallest absolute Gasteiger partial charge is 0.279 e. The van der Waals surface area contributed by atoms with E-state index in [1.54, 1.807) is 0 Å². The number of ether oxygens (including phenoxy) is 1. The van der Waals surface area contributed by atoms with Crippen molar-refractivity contribution < 1.29 is 13.2 Å². The van der Waals surface area contributed by atoms with E-state index in [0.717, 1.165) is 29.1 Å². The summed E-state index contributed by atoms with van der Waals surface area (Å²) < 4.78 is 32.9. The number of nitrogens with two attached hydrogens (primary N) is 1. The van der Waals surface area contributed by atoms with Crippen LogP contribution >= 0.6 is 35.6 Å². The van der Waals surface area contributed by atoms with Crippen molar-refractivity contribution in [1.82, 2.24) is 9.03 Å². The summed E-state index contributed by atoms with van der Waals surface area (Å²) in [4.78, 5) is 0. The Balaban J connectivity index is 0.00000341. The Kier molecular flexibility index (Phi) is 9.45. The molecule has 2 aromatic rings. The van der Waals surface area contributed by atoms with Crippen LogP contribution in [0.15, 0.2) is 36.4 Å². The highest BCUT2D eigenvalue weighted by Gasteiger charge is 2.28. The van der Waals surface area contributed by atoms with Crippen molar-refractivity contribution in [3.05, 3.63) is 63.1 Å². The van der Waals surface area contributed by atoms with Crippen LogP contribution in [0.5, 0.6) is 5.75 Å². The molecule has 172 valence electrons. The summed E-state index contributed by atoms with van der Waals surface area (Å²) in [6, 6.07) is 11.7. The number of aryl methyl sites for hydroxylation is 1. The maximum atomic E-state index is 11.8. The average molecular weight is 509 g/mol. The fourth-order valence-electron chi connectivity index (χ4n) is 3.64. The first-order valence-electron chi connectivity index (χ1n) is 9.79. The second-order valence-electron chi connectivity index (χ2n) is 7.65. The molecule has 1 aliphatic carbocycles. The largest absolute Gasteiger partial charge is 0.492 e. The Morgan fingerprint density at radius 2 is 1.90 bits per heavy atom. The first kappa shape index (κ1) is 26.2. The molecular formula is C21H28Cl3N3O3S. The lowest BCUT2D eigenvalue weighted by atomic mass is 9.76. The Bertz CT molecular complexity index is 1000. The van der Waals surface area contributed by atoms with E-state index in [-0.39, 0.29) is 37.5 Å². The summed E-state index contributed by atoms with van der Waals surface area (Å²) in [6.45, 7) is 0.416. The molecule has 0 radical (unpaired) electrons. The summed E-state index contributed by atoms with van der Waals surface area (Å²) in [5.41, 5.74) is 10.0. The van der Waals surface area contributed by atoms with Crippen LogP contribution in [0.2, 0.25) is 10.0 Å². The number of benzene rings is 2. The number of nitrogens with one attached hydrogen (secondary N) is 1. The average Bonchev–Trinajstić information content (AvgIpc) is 2.70. The van der Waals surface area contributed by atoms with Gasteiger partial charge in [-0.15, -0.1) is 12.4 Å². The van der Waals surface area contributed by atoms with Crippen molar-refractivity contribution >= 4 is 45.8 Å². The van der Waals surface area contributed by atoms with Gasteiger partial charge in [0.1, 0.15) is 12.4 Å². The van der Waals surface area contributed by atoms with Crippen LogP contribution in [0, 0.1) is 0 Å². The highest BCUT2D eigenvalue weighted by Crippen LogP contribution is 2.36. The summed E-state index contributed by atoms with van der Waals surface area (Å²) in [6.07, 6.45) is 2.61. The number of halogens is 3. The van der Waals surface area contributed by atoms with Gasteiger partial charge in [-0.05, 0) is 60.2 Å². The lowest BCUT2D eigenvalue weighted by Crippen LogP contribution is -2.37. The van der Waals surface area contributed by atoms with E-state index in [0.29, 0.717) is 15.8 Å². The lowest BCUT2D eigenvalue weighted by Gasteiger charge is -2.32. The Labute approximate surface area is 200 Å². The third-order valence-electron chi connectivity index (χ3n) is 5.36. The van der Waals surface area contributed by atoms with Crippen molar-refractivity contribution in [2.24, 2.45) is 5.73 Å². The van der Waals surface area contributed by atoms with Gasteiger partial charge in [0.15, 0.2) is 0 Å². The zero-order chi connectivity index (χ0) is 21.9. The molecule has 2 unspecified atom stereocenters. The molecule has 0 aromatic heterocycles. The van der Waals surface area contributed by atoms with Crippen LogP contribution in [0.4, 0.5) is 0 Å². The molecule has 0 aliphatic heterocycles. The normalized spacial score (nSPS) is 18.4. The molecule has 0 heterocycles. The van der Waals surface area contributed by atoms with Gasteiger partial charge in [-0.25, -0.2) is 0 Å². The molecule has 10 heteroatoms. The molecule has 0 saturated heterocycles. The first-order chi connectivity index (χ1) is 14.2. The molecule has 31 heavy (non-hydrogen) atoms. The van der Waals surface area contributed by atoms with Gasteiger partial charge < -0.3 is 10.5 Å². The molecule has 2 aromatic carbocycles. The van der Waals surface area contributed by atoms with Crippen molar-refractivity contribution in [2.75, 3.05) is 27.2 Å². The molecule has 3 N–H and O–H groups in total. The zero-order valence-electron chi connectivity index (χ0n) is 17.5. The highest BCUT2D eigenvalue weighted by molar-refractivity contribution is 7.87. The Morgan fingerprint density at radius 1 is 1.16 bits per heavy atom.